The van der Waals surface area contributed by atoms with Crippen LogP contribution in [0.2, 0.25) is 0 Å². The van der Waals surface area contributed by atoms with Crippen LogP contribution in [0.25, 0.3) is 0 Å². The van der Waals surface area contributed by atoms with Crippen LogP contribution in [0, 0.1) is 0 Å². The number of esters is 1. The fourth-order valence-corrected chi connectivity index (χ4v) is 2.57. The van der Waals surface area contributed by atoms with Gasteiger partial charge in [-0.1, -0.05) is 45.0 Å². The quantitative estimate of drug-likeness (QED) is 0.574. The van der Waals surface area contributed by atoms with Crippen molar-refractivity contribution in [3.8, 4) is 5.75 Å². The van der Waals surface area contributed by atoms with E-state index in [1.165, 1.54) is 12.7 Å². The van der Waals surface area contributed by atoms with Gasteiger partial charge in [0, 0.05) is 6.42 Å². The number of methoxy groups -OCH3 is 1. The second kappa shape index (κ2) is 9.21. The van der Waals surface area contributed by atoms with Crippen molar-refractivity contribution in [3.05, 3.63) is 59.7 Å². The fraction of sp³-hybridized carbons (Fsp3) is 0.364. The van der Waals surface area contributed by atoms with Crippen LogP contribution in [0.5, 0.6) is 5.75 Å². The molecular weight excluding hydrogens is 342 g/mol. The molecule has 0 aliphatic heterocycles. The normalized spacial score (nSPS) is 11.0. The summed E-state index contributed by atoms with van der Waals surface area (Å²) in [4.78, 5) is 23.8. The number of carbonyl (C=O) groups excluding carboxylic acids is 2. The summed E-state index contributed by atoms with van der Waals surface area (Å²) in [6, 6.07) is 14.8. The highest BCUT2D eigenvalue weighted by atomic mass is 16.5. The maximum Gasteiger partial charge on any atom is 0.339 e. The molecule has 2 aromatic rings. The summed E-state index contributed by atoms with van der Waals surface area (Å²) < 4.78 is 10.4. The topological polar surface area (TPSA) is 64.6 Å². The number of benzene rings is 2. The Kier molecular flexibility index (Phi) is 6.99. The summed E-state index contributed by atoms with van der Waals surface area (Å²) >= 11 is 0. The van der Waals surface area contributed by atoms with Crippen LogP contribution in [-0.4, -0.2) is 25.6 Å². The van der Waals surface area contributed by atoms with Crippen LogP contribution in [0.15, 0.2) is 48.5 Å². The van der Waals surface area contributed by atoms with Crippen molar-refractivity contribution in [1.82, 2.24) is 0 Å². The first kappa shape index (κ1) is 20.5. The Morgan fingerprint density at radius 1 is 1.00 bits per heavy atom. The van der Waals surface area contributed by atoms with Gasteiger partial charge in [0.15, 0.2) is 0 Å². The molecule has 0 aliphatic rings. The molecule has 0 unspecified atom stereocenters. The number of rotatable bonds is 7. The average Bonchev–Trinajstić information content (AvgIpc) is 2.65. The molecule has 0 saturated carbocycles. The highest BCUT2D eigenvalue weighted by Gasteiger charge is 2.14. The van der Waals surface area contributed by atoms with E-state index in [1.807, 2.05) is 12.1 Å². The van der Waals surface area contributed by atoms with Gasteiger partial charge in [-0.15, -0.1) is 0 Å². The lowest BCUT2D eigenvalue weighted by molar-refractivity contribution is -0.116. The van der Waals surface area contributed by atoms with Crippen molar-refractivity contribution in [3.63, 3.8) is 0 Å². The molecule has 0 aromatic heterocycles. The van der Waals surface area contributed by atoms with Crippen LogP contribution in [0.4, 0.5) is 5.69 Å². The molecule has 144 valence electrons. The van der Waals surface area contributed by atoms with Crippen LogP contribution in [0.3, 0.4) is 0 Å². The van der Waals surface area contributed by atoms with Crippen molar-refractivity contribution in [2.45, 2.75) is 39.0 Å². The minimum atomic E-state index is -0.479. The molecule has 0 radical (unpaired) electrons. The highest BCUT2D eigenvalue weighted by molar-refractivity contribution is 6.01. The number of carbonyl (C=O) groups is 2. The minimum Gasteiger partial charge on any atom is -0.494 e. The summed E-state index contributed by atoms with van der Waals surface area (Å²) in [5.74, 6) is 0.144. The van der Waals surface area contributed by atoms with Gasteiger partial charge in [0.1, 0.15) is 5.75 Å². The number of hydrogen-bond donors (Lipinski definition) is 1. The van der Waals surface area contributed by atoms with Crippen molar-refractivity contribution >= 4 is 17.6 Å². The molecule has 0 fully saturated rings. The lowest BCUT2D eigenvalue weighted by Gasteiger charge is -2.19. The van der Waals surface area contributed by atoms with Gasteiger partial charge in [-0.3, -0.25) is 4.79 Å². The van der Waals surface area contributed by atoms with Crippen molar-refractivity contribution < 1.29 is 19.1 Å². The van der Waals surface area contributed by atoms with E-state index in [1.54, 1.807) is 24.3 Å². The Balaban J connectivity index is 1.79. The predicted octanol–water partition coefficient (Wildman–Crippen LogP) is 4.57. The minimum absolute atomic E-state index is 0.108. The smallest absolute Gasteiger partial charge is 0.339 e. The molecule has 5 nitrogen and oxygen atoms in total. The third-order valence-electron chi connectivity index (χ3n) is 4.14. The molecule has 0 atom stereocenters. The standard InChI is InChI=1S/C22H27NO4/c1-22(2,3)16-11-13-17(14-12-16)27-15-7-10-20(24)23-19-9-6-5-8-18(19)21(25)26-4/h5-6,8-9,11-14H,7,10,15H2,1-4H3,(H,23,24). The third-order valence-corrected chi connectivity index (χ3v) is 4.14. The van der Waals surface area contributed by atoms with Gasteiger partial charge in [0.2, 0.25) is 5.91 Å². The molecular formula is C22H27NO4. The van der Waals surface area contributed by atoms with Crippen molar-refractivity contribution in [2.75, 3.05) is 19.0 Å². The van der Waals surface area contributed by atoms with Gasteiger partial charge >= 0.3 is 5.97 Å². The van der Waals surface area contributed by atoms with E-state index >= 15 is 0 Å². The predicted molar refractivity (Wildman–Crippen MR) is 106 cm³/mol. The van der Waals surface area contributed by atoms with Crippen LogP contribution in [-0.2, 0) is 14.9 Å². The first-order chi connectivity index (χ1) is 12.8. The van der Waals surface area contributed by atoms with Gasteiger partial charge in [0.25, 0.3) is 0 Å². The van der Waals surface area contributed by atoms with Crippen LogP contribution < -0.4 is 10.1 Å². The monoisotopic (exact) mass is 369 g/mol. The van der Waals surface area contributed by atoms with Crippen molar-refractivity contribution in [1.29, 1.82) is 0 Å². The third kappa shape index (κ3) is 6.13. The largest absolute Gasteiger partial charge is 0.494 e. The molecule has 0 saturated heterocycles. The van der Waals surface area contributed by atoms with Gasteiger partial charge in [-0.2, -0.15) is 0 Å². The number of amides is 1. The summed E-state index contributed by atoms with van der Waals surface area (Å²) in [6.07, 6.45) is 0.878. The van der Waals surface area contributed by atoms with Gasteiger partial charge in [-0.25, -0.2) is 4.79 Å². The van der Waals surface area contributed by atoms with Crippen LogP contribution in [0.1, 0.15) is 49.5 Å². The molecule has 0 aliphatic carbocycles. The Morgan fingerprint density at radius 2 is 1.67 bits per heavy atom. The van der Waals surface area contributed by atoms with Gasteiger partial charge in [-0.05, 0) is 41.7 Å². The summed E-state index contributed by atoms with van der Waals surface area (Å²) in [6.45, 7) is 6.94. The average molecular weight is 369 g/mol. The first-order valence-corrected chi connectivity index (χ1v) is 9.02. The Morgan fingerprint density at radius 3 is 2.30 bits per heavy atom. The zero-order chi connectivity index (χ0) is 19.9. The molecule has 0 bridgehead atoms. The molecule has 2 aromatic carbocycles. The zero-order valence-corrected chi connectivity index (χ0v) is 16.4. The van der Waals surface area contributed by atoms with E-state index in [0.717, 1.165) is 5.75 Å². The second-order valence-corrected chi connectivity index (χ2v) is 7.31. The maximum atomic E-state index is 12.1. The highest BCUT2D eigenvalue weighted by Crippen LogP contribution is 2.24. The Labute approximate surface area is 160 Å². The summed E-state index contributed by atoms with van der Waals surface area (Å²) in [5, 5.41) is 2.75. The SMILES string of the molecule is COC(=O)c1ccccc1NC(=O)CCCOc1ccc(C(C)(C)C)cc1. The fourth-order valence-electron chi connectivity index (χ4n) is 2.57. The van der Waals surface area contributed by atoms with Crippen molar-refractivity contribution in [2.24, 2.45) is 0 Å². The summed E-state index contributed by atoms with van der Waals surface area (Å²) in [5.41, 5.74) is 2.15. The molecule has 5 heteroatoms. The van der Waals surface area contributed by atoms with Crippen LogP contribution >= 0.6 is 0 Å². The number of nitrogens with one attached hydrogen (secondary N) is 1. The number of para-hydroxylation sites is 1. The molecule has 0 spiro atoms. The number of ether oxygens (including phenoxy) is 2. The summed E-state index contributed by atoms with van der Waals surface area (Å²) in [7, 11) is 1.31. The van der Waals surface area contributed by atoms with E-state index in [4.69, 9.17) is 9.47 Å². The van der Waals surface area contributed by atoms with Gasteiger partial charge in [0.05, 0.1) is 25.0 Å². The van der Waals surface area contributed by atoms with E-state index in [-0.39, 0.29) is 11.3 Å². The first-order valence-electron chi connectivity index (χ1n) is 9.02. The lowest BCUT2D eigenvalue weighted by atomic mass is 9.87. The zero-order valence-electron chi connectivity index (χ0n) is 16.4. The maximum absolute atomic E-state index is 12.1. The van der Waals surface area contributed by atoms with E-state index < -0.39 is 5.97 Å². The lowest BCUT2D eigenvalue weighted by Crippen LogP contribution is -2.16. The van der Waals surface area contributed by atoms with E-state index in [0.29, 0.717) is 30.7 Å². The molecule has 2 rings (SSSR count). The number of hydrogen-bond acceptors (Lipinski definition) is 4. The molecule has 1 N–H and O–H groups in total. The molecule has 1 amide bonds. The molecule has 27 heavy (non-hydrogen) atoms. The van der Waals surface area contributed by atoms with E-state index in [9.17, 15) is 9.59 Å². The Hall–Kier alpha value is -2.82. The van der Waals surface area contributed by atoms with E-state index in [2.05, 4.69) is 38.2 Å². The number of anilines is 1. The second-order valence-electron chi connectivity index (χ2n) is 7.31. The molecule has 0 heterocycles. The van der Waals surface area contributed by atoms with Gasteiger partial charge < -0.3 is 14.8 Å². The Bertz CT molecular complexity index is 776.